The van der Waals surface area contributed by atoms with Crippen molar-refractivity contribution in [1.29, 1.82) is 0 Å². The zero-order valence-corrected chi connectivity index (χ0v) is 11.5. The summed E-state index contributed by atoms with van der Waals surface area (Å²) in [6.07, 6.45) is 1.22. The first kappa shape index (κ1) is 17.3. The normalized spacial score (nSPS) is 13.9. The maximum absolute atomic E-state index is 11.3. The van der Waals surface area contributed by atoms with Gasteiger partial charge in [0.05, 0.1) is 13.2 Å². The minimum Gasteiger partial charge on any atom is -0.378 e. The number of hydrogen-bond acceptors (Lipinski definition) is 4. The Morgan fingerprint density at radius 1 is 1.42 bits per heavy atom. The lowest BCUT2D eigenvalue weighted by Gasteiger charge is -2.26. The van der Waals surface area contributed by atoms with E-state index >= 15 is 0 Å². The third kappa shape index (κ3) is 8.12. The Kier molecular flexibility index (Phi) is 9.38. The second-order valence-corrected chi connectivity index (χ2v) is 3.97. The summed E-state index contributed by atoms with van der Waals surface area (Å²) in [5, 5.41) is 2.50. The van der Waals surface area contributed by atoms with Crippen LogP contribution in [-0.4, -0.2) is 56.1 Å². The third-order valence-electron chi connectivity index (χ3n) is 2.29. The van der Waals surface area contributed by atoms with Gasteiger partial charge in [-0.25, -0.2) is 0 Å². The molecule has 1 heterocycles. The summed E-state index contributed by atoms with van der Waals surface area (Å²) in [6, 6.07) is 0. The van der Waals surface area contributed by atoms with Crippen LogP contribution in [-0.2, 0) is 14.3 Å². The van der Waals surface area contributed by atoms with E-state index in [0.717, 1.165) is 0 Å². The lowest BCUT2D eigenvalue weighted by atomic mass is 10.3. The lowest BCUT2D eigenvalue weighted by Crippen LogP contribution is -2.40. The smallest absolute Gasteiger partial charge is 0.249 e. The summed E-state index contributed by atoms with van der Waals surface area (Å²) >= 11 is 0. The molecule has 1 aliphatic rings. The van der Waals surface area contributed by atoms with Gasteiger partial charge < -0.3 is 20.7 Å². The number of nitrogens with two attached hydrogens (primary N) is 1. The highest BCUT2D eigenvalue weighted by Gasteiger charge is 2.16. The fourth-order valence-electron chi connectivity index (χ4n) is 1.30. The Bertz CT molecular complexity index is 323. The lowest BCUT2D eigenvalue weighted by molar-refractivity contribution is -0.131. The molecule has 3 N–H and O–H groups in total. The molecule has 6 nitrogen and oxygen atoms in total. The quantitative estimate of drug-likeness (QED) is 0.684. The molecule has 0 aromatic carbocycles. The van der Waals surface area contributed by atoms with Crippen LogP contribution in [0.25, 0.3) is 0 Å². The summed E-state index contributed by atoms with van der Waals surface area (Å²) in [5.74, 6) is -0.122. The van der Waals surface area contributed by atoms with E-state index < -0.39 is 0 Å². The van der Waals surface area contributed by atoms with Gasteiger partial charge in [0.1, 0.15) is 0 Å². The summed E-state index contributed by atoms with van der Waals surface area (Å²) in [6.45, 7) is 12.3. The van der Waals surface area contributed by atoms with Crippen LogP contribution in [0, 0.1) is 0 Å². The van der Waals surface area contributed by atoms with Crippen LogP contribution in [0.3, 0.4) is 0 Å². The minimum atomic E-state index is -0.171. The second-order valence-electron chi connectivity index (χ2n) is 3.97. The van der Waals surface area contributed by atoms with E-state index in [1.54, 1.807) is 11.8 Å². The molecule has 0 saturated carbocycles. The van der Waals surface area contributed by atoms with Crippen LogP contribution in [0.15, 0.2) is 24.8 Å². The van der Waals surface area contributed by atoms with Crippen molar-refractivity contribution in [2.45, 2.75) is 6.92 Å². The zero-order valence-electron chi connectivity index (χ0n) is 11.5. The Morgan fingerprint density at radius 2 is 2.00 bits per heavy atom. The van der Waals surface area contributed by atoms with Gasteiger partial charge in [0.2, 0.25) is 11.8 Å². The molecule has 0 aliphatic carbocycles. The number of ether oxygens (including phenoxy) is 1. The van der Waals surface area contributed by atoms with Gasteiger partial charge >= 0.3 is 0 Å². The molecule has 2 amide bonds. The largest absolute Gasteiger partial charge is 0.378 e. The van der Waals surface area contributed by atoms with Gasteiger partial charge in [-0.3, -0.25) is 9.59 Å². The number of morpholine rings is 1. The van der Waals surface area contributed by atoms with Gasteiger partial charge in [-0.1, -0.05) is 13.2 Å². The number of rotatable bonds is 4. The second kappa shape index (κ2) is 10.3. The highest BCUT2D eigenvalue weighted by molar-refractivity contribution is 5.92. The molecule has 0 radical (unpaired) electrons. The Labute approximate surface area is 114 Å². The maximum Gasteiger partial charge on any atom is 0.249 e. The number of hydrogen-bond donors (Lipinski definition) is 2. The van der Waals surface area contributed by atoms with Crippen molar-refractivity contribution in [2.24, 2.45) is 5.73 Å². The molecule has 0 bridgehead atoms. The van der Waals surface area contributed by atoms with Crippen molar-refractivity contribution in [3.63, 3.8) is 0 Å². The first-order valence-electron chi connectivity index (χ1n) is 6.15. The number of amides is 2. The van der Waals surface area contributed by atoms with Crippen molar-refractivity contribution >= 4 is 11.8 Å². The molecule has 19 heavy (non-hydrogen) atoms. The Hall–Kier alpha value is -1.66. The van der Waals surface area contributed by atoms with E-state index in [1.165, 1.54) is 6.08 Å². The van der Waals surface area contributed by atoms with Crippen LogP contribution >= 0.6 is 0 Å². The van der Waals surface area contributed by atoms with Gasteiger partial charge in [-0.15, -0.1) is 0 Å². The van der Waals surface area contributed by atoms with Gasteiger partial charge in [-0.2, -0.15) is 0 Å². The van der Waals surface area contributed by atoms with Crippen molar-refractivity contribution < 1.29 is 14.3 Å². The monoisotopic (exact) mass is 269 g/mol. The molecule has 1 aliphatic heterocycles. The van der Waals surface area contributed by atoms with Gasteiger partial charge in [-0.05, 0) is 13.0 Å². The van der Waals surface area contributed by atoms with Crippen molar-refractivity contribution in [3.8, 4) is 0 Å². The number of nitrogens with one attached hydrogen (secondary N) is 1. The molecule has 0 spiro atoms. The summed E-state index contributed by atoms with van der Waals surface area (Å²) < 4.78 is 5.11. The zero-order chi connectivity index (χ0) is 14.7. The molecule has 6 heteroatoms. The fraction of sp³-hybridized carbons (Fsp3) is 0.538. The Balaban J connectivity index is 0.000000362. The van der Waals surface area contributed by atoms with E-state index in [4.69, 9.17) is 10.5 Å². The number of nitrogens with zero attached hydrogens (tertiary/aromatic N) is 1. The minimum absolute atomic E-state index is 0.0494. The first-order chi connectivity index (χ1) is 9.02. The molecule has 0 aromatic rings. The van der Waals surface area contributed by atoms with Gasteiger partial charge in [0.15, 0.2) is 0 Å². The molecular weight excluding hydrogens is 246 g/mol. The molecule has 0 atom stereocenters. The predicted molar refractivity (Wildman–Crippen MR) is 74.5 cm³/mol. The average Bonchev–Trinajstić information content (AvgIpc) is 2.45. The van der Waals surface area contributed by atoms with E-state index in [9.17, 15) is 9.59 Å². The van der Waals surface area contributed by atoms with E-state index in [0.29, 0.717) is 45.0 Å². The van der Waals surface area contributed by atoms with Crippen LogP contribution in [0.2, 0.25) is 0 Å². The van der Waals surface area contributed by atoms with E-state index in [2.05, 4.69) is 18.5 Å². The van der Waals surface area contributed by atoms with Crippen LogP contribution in [0.5, 0.6) is 0 Å². The summed E-state index contributed by atoms with van der Waals surface area (Å²) in [5.41, 5.74) is 5.69. The standard InChI is InChI=1S/C8H13NO2.C5H10N2O/c1-7(2)8(10)9-3-5-11-6-4-9;1-2-5(8)7-4-3-6/h1,3-6H2,2H3;2H,1,3-4,6H2,(H,7,8). The van der Waals surface area contributed by atoms with Crippen LogP contribution in [0.4, 0.5) is 0 Å². The molecule has 108 valence electrons. The first-order valence-corrected chi connectivity index (χ1v) is 6.15. The van der Waals surface area contributed by atoms with Gasteiger partial charge in [0, 0.05) is 31.8 Å². The molecule has 0 aromatic heterocycles. The van der Waals surface area contributed by atoms with E-state index in [1.807, 2.05) is 0 Å². The molecule has 0 unspecified atom stereocenters. The SMILES string of the molecule is C=C(C)C(=O)N1CCOCC1.C=CC(=O)NCCN. The average molecular weight is 269 g/mol. The fourth-order valence-corrected chi connectivity index (χ4v) is 1.30. The molecule has 1 rings (SSSR count). The molecular formula is C13H23N3O3. The highest BCUT2D eigenvalue weighted by Crippen LogP contribution is 2.01. The summed E-state index contributed by atoms with van der Waals surface area (Å²) in [7, 11) is 0. The summed E-state index contributed by atoms with van der Waals surface area (Å²) in [4.78, 5) is 23.3. The maximum atomic E-state index is 11.3. The van der Waals surface area contributed by atoms with Crippen LogP contribution in [0.1, 0.15) is 6.92 Å². The van der Waals surface area contributed by atoms with Crippen molar-refractivity contribution in [3.05, 3.63) is 24.8 Å². The topological polar surface area (TPSA) is 84.7 Å². The molecule has 1 fully saturated rings. The number of carbonyl (C=O) groups excluding carboxylic acids is 2. The van der Waals surface area contributed by atoms with Crippen molar-refractivity contribution in [1.82, 2.24) is 10.2 Å². The van der Waals surface area contributed by atoms with Gasteiger partial charge in [0.25, 0.3) is 0 Å². The van der Waals surface area contributed by atoms with E-state index in [-0.39, 0.29) is 11.8 Å². The molecule has 1 saturated heterocycles. The van der Waals surface area contributed by atoms with Crippen LogP contribution < -0.4 is 11.1 Å². The third-order valence-corrected chi connectivity index (χ3v) is 2.29. The highest BCUT2D eigenvalue weighted by atomic mass is 16.5. The van der Waals surface area contributed by atoms with Crippen molar-refractivity contribution in [2.75, 3.05) is 39.4 Å². The number of carbonyl (C=O) groups is 2. The predicted octanol–water partition coefficient (Wildman–Crippen LogP) is -0.331. The Morgan fingerprint density at radius 3 is 2.42 bits per heavy atom.